The highest BCUT2D eigenvalue weighted by molar-refractivity contribution is 9.10. The summed E-state index contributed by atoms with van der Waals surface area (Å²) in [6.07, 6.45) is -2.29. The number of hydrogen-bond donors (Lipinski definition) is 2. The Hall–Kier alpha value is -2.35. The Morgan fingerprint density at radius 1 is 1.09 bits per heavy atom. The van der Waals surface area contributed by atoms with Crippen molar-refractivity contribution in [1.82, 2.24) is 24.7 Å². The molecule has 0 unspecified atom stereocenters. The van der Waals surface area contributed by atoms with Crippen LogP contribution in [-0.4, -0.2) is 48.0 Å². The minimum atomic E-state index is -5.38. The summed E-state index contributed by atoms with van der Waals surface area (Å²) in [4.78, 5) is 14.8. The van der Waals surface area contributed by atoms with Crippen molar-refractivity contribution in [1.29, 1.82) is 0 Å². The van der Waals surface area contributed by atoms with Crippen molar-refractivity contribution in [2.75, 3.05) is 24.4 Å². The van der Waals surface area contributed by atoms with Gasteiger partial charge in [0.1, 0.15) is 20.8 Å². The van der Waals surface area contributed by atoms with Gasteiger partial charge in [0.25, 0.3) is 10.2 Å². The van der Waals surface area contributed by atoms with Gasteiger partial charge in [0.15, 0.2) is 5.82 Å². The largest absolute Gasteiger partial charge is 0.473 e. The molecular weight excluding hydrogens is 568 g/mol. The molecule has 0 spiro atoms. The van der Waals surface area contributed by atoms with Crippen molar-refractivity contribution in [2.45, 2.75) is 13.2 Å². The number of ether oxygens (including phenoxy) is 2. The van der Waals surface area contributed by atoms with Gasteiger partial charge in [-0.2, -0.15) is 13.1 Å². The Labute approximate surface area is 222 Å². The Morgan fingerprint density at radius 3 is 2.56 bits per heavy atom. The topological polar surface area (TPSA) is 128 Å². The maximum atomic E-state index is 13.0. The summed E-state index contributed by atoms with van der Waals surface area (Å²) in [6.45, 7) is -11.3. The van der Waals surface area contributed by atoms with Crippen LogP contribution in [0.25, 0.3) is 11.1 Å². The van der Waals surface area contributed by atoms with Gasteiger partial charge in [0, 0.05) is 33.0 Å². The van der Waals surface area contributed by atoms with Gasteiger partial charge in [-0.15, -0.1) is 0 Å². The third-order valence-corrected chi connectivity index (χ3v) is 4.75. The molecule has 170 valence electrons. The lowest BCUT2D eigenvalue weighted by Crippen LogP contribution is -2.31. The Kier molecular flexibility index (Phi) is 4.20. The van der Waals surface area contributed by atoms with E-state index in [0.717, 1.165) is 0 Å². The zero-order valence-corrected chi connectivity index (χ0v) is 19.4. The van der Waals surface area contributed by atoms with E-state index in [1.165, 1.54) is 17.1 Å². The smallest absolute Gasteiger partial charge is 0.316 e. The molecule has 2 aromatic heterocycles. The average Bonchev–Trinajstić information content (AvgIpc) is 2.90. The number of nitrogens with one attached hydrogen (secondary N) is 2. The van der Waals surface area contributed by atoms with Gasteiger partial charge in [-0.05, 0) is 40.0 Å². The van der Waals surface area contributed by atoms with E-state index < -0.39 is 102 Å². The lowest BCUT2D eigenvalue weighted by atomic mass is 10.1. The second-order valence-electron chi connectivity index (χ2n) is 5.22. The number of benzene rings is 1. The summed E-state index contributed by atoms with van der Waals surface area (Å²) in [5, 5.41) is 0. The average molecular weight is 602 g/mol. The molecule has 2 heterocycles. The van der Waals surface area contributed by atoms with Crippen molar-refractivity contribution in [2.24, 2.45) is 0 Å². The fraction of sp³-hybridized carbons (Fsp3) is 0.263. The molecule has 0 aliphatic rings. The summed E-state index contributed by atoms with van der Waals surface area (Å²) in [5.41, 5.74) is -1.51. The first kappa shape index (κ1) is 11.7. The highest BCUT2D eigenvalue weighted by Crippen LogP contribution is 2.34. The molecule has 3 rings (SSSR count). The molecule has 10 nitrogen and oxygen atoms in total. The highest BCUT2D eigenvalue weighted by Gasteiger charge is 2.19. The zero-order valence-electron chi connectivity index (χ0n) is 29.4. The van der Waals surface area contributed by atoms with Gasteiger partial charge >= 0.3 is 6.01 Å². The molecule has 0 amide bonds. The predicted octanol–water partition coefficient (Wildman–Crippen LogP) is 3.57. The first-order valence-electron chi connectivity index (χ1n) is 15.1. The van der Waals surface area contributed by atoms with Gasteiger partial charge in [-0.1, -0.05) is 34.9 Å². The molecule has 1 aromatic carbocycles. The van der Waals surface area contributed by atoms with Crippen LogP contribution in [0.2, 0.25) is 0 Å². The summed E-state index contributed by atoms with van der Waals surface area (Å²) in [5.74, 6) is -1.90. The number of aromatic nitrogens is 4. The molecule has 13 heteroatoms. The van der Waals surface area contributed by atoms with Crippen molar-refractivity contribution < 1.29 is 37.1 Å². The Morgan fingerprint density at radius 2 is 1.84 bits per heavy atom. The third-order valence-electron chi connectivity index (χ3n) is 3.12. The van der Waals surface area contributed by atoms with Crippen LogP contribution in [0.4, 0.5) is 5.82 Å². The summed E-state index contributed by atoms with van der Waals surface area (Å²) in [6, 6.07) is -3.40. The third kappa shape index (κ3) is 7.08. The van der Waals surface area contributed by atoms with Crippen LogP contribution in [0.3, 0.4) is 0 Å². The fourth-order valence-corrected chi connectivity index (χ4v) is 2.99. The molecule has 0 atom stereocenters. The van der Waals surface area contributed by atoms with Crippen molar-refractivity contribution in [3.05, 3.63) is 51.8 Å². The molecule has 0 aliphatic heterocycles. The number of hydrogen-bond acceptors (Lipinski definition) is 8. The normalized spacial score (nSPS) is 19.3. The summed E-state index contributed by atoms with van der Waals surface area (Å²) < 4.78 is 150. The molecular formula is C19H20Br2N6O4S. The van der Waals surface area contributed by atoms with E-state index in [1.807, 2.05) is 0 Å². The van der Waals surface area contributed by atoms with Gasteiger partial charge < -0.3 is 9.47 Å². The quantitative estimate of drug-likeness (QED) is 0.341. The van der Waals surface area contributed by atoms with Gasteiger partial charge in [-0.25, -0.2) is 19.9 Å². The molecule has 0 fully saturated rings. The van der Waals surface area contributed by atoms with Crippen LogP contribution in [0.15, 0.2) is 51.8 Å². The maximum absolute atomic E-state index is 13.0. The van der Waals surface area contributed by atoms with Crippen LogP contribution in [0.5, 0.6) is 11.9 Å². The second-order valence-corrected chi connectivity index (χ2v) is 8.34. The fourth-order valence-electron chi connectivity index (χ4n) is 1.95. The van der Waals surface area contributed by atoms with Crippen molar-refractivity contribution >= 4 is 47.9 Å². The van der Waals surface area contributed by atoms with E-state index in [1.54, 1.807) is 4.72 Å². The van der Waals surface area contributed by atoms with E-state index >= 15 is 0 Å². The predicted molar refractivity (Wildman–Crippen MR) is 127 cm³/mol. The number of nitrogens with zero attached hydrogens (tertiary/aromatic N) is 4. The van der Waals surface area contributed by atoms with Crippen LogP contribution in [-0.2, 0) is 10.2 Å². The van der Waals surface area contributed by atoms with Crippen LogP contribution in [0, 0.1) is 0 Å². The number of anilines is 1. The number of halogens is 2. The first-order valence-corrected chi connectivity index (χ1v) is 11.1. The van der Waals surface area contributed by atoms with E-state index in [9.17, 15) is 8.42 Å². The lowest BCUT2D eigenvalue weighted by Gasteiger charge is -2.15. The molecule has 0 bridgehead atoms. The van der Waals surface area contributed by atoms with Crippen molar-refractivity contribution in [3.63, 3.8) is 0 Å². The van der Waals surface area contributed by atoms with Crippen LogP contribution >= 0.6 is 31.9 Å². The maximum Gasteiger partial charge on any atom is 0.316 e. The molecule has 2 N–H and O–H groups in total. The molecule has 0 saturated carbocycles. The van der Waals surface area contributed by atoms with Gasteiger partial charge in [-0.3, -0.25) is 4.72 Å². The number of rotatable bonds is 11. The molecule has 0 saturated heterocycles. The van der Waals surface area contributed by atoms with E-state index in [-0.39, 0.29) is 4.47 Å². The van der Waals surface area contributed by atoms with Gasteiger partial charge in [0.2, 0.25) is 5.88 Å². The monoisotopic (exact) mass is 600 g/mol. The van der Waals surface area contributed by atoms with Crippen LogP contribution < -0.4 is 18.9 Å². The van der Waals surface area contributed by atoms with E-state index in [2.05, 4.69) is 51.8 Å². The van der Waals surface area contributed by atoms with Crippen molar-refractivity contribution in [3.8, 4) is 23.0 Å². The highest BCUT2D eigenvalue weighted by atomic mass is 79.9. The standard InChI is InChI=1S/C19H20Br2N6O4S/c1-2-7-26-32(28,29)27-17-16(13-3-5-14(20)6-4-13)18(25-12-24-17)30-8-9-31-19-22-10-15(21)11-23-19/h3-6,10-12,26H,2,7-9H2,1H3,(H,24,25,27)/i1D3,2D2,3D,4D,5D,6D,7D2,9D2,12D. The molecule has 32 heavy (non-hydrogen) atoms. The van der Waals surface area contributed by atoms with E-state index in [4.69, 9.17) is 28.7 Å². The molecule has 0 radical (unpaired) electrons. The summed E-state index contributed by atoms with van der Waals surface area (Å²) in [7, 11) is -5.38. The molecule has 3 aromatic rings. The van der Waals surface area contributed by atoms with Crippen LogP contribution in [0.1, 0.15) is 32.4 Å². The van der Waals surface area contributed by atoms with E-state index in [0.29, 0.717) is 4.47 Å². The first-order chi connectivity index (χ1) is 20.8. The minimum absolute atomic E-state index is 0.296. The SMILES string of the molecule is [2H]c1nc(NS(=O)(=O)NC([2H])([2H])C([2H])([2H])C([2H])([2H])[2H])c(-c2c([2H])c([2H])c(Br)c([2H])c2[2H])c(OCC([2H])([2H])Oc2ncc(Br)cn2)n1. The second kappa shape index (κ2) is 11.5. The van der Waals surface area contributed by atoms with Gasteiger partial charge in [0.05, 0.1) is 18.3 Å². The Balaban J connectivity index is 2.18. The summed E-state index contributed by atoms with van der Waals surface area (Å²) >= 11 is 6.01. The molecule has 0 aliphatic carbocycles. The Bertz CT molecular complexity index is 1720. The lowest BCUT2D eigenvalue weighted by molar-refractivity contribution is 0.202. The minimum Gasteiger partial charge on any atom is -0.473 e. The zero-order chi connectivity index (χ0) is 35.2.